The van der Waals surface area contributed by atoms with Crippen LogP contribution in [0.4, 0.5) is 4.79 Å². The molecule has 6 nitrogen and oxygen atoms in total. The summed E-state index contributed by atoms with van der Waals surface area (Å²) in [7, 11) is 0. The molecule has 6 heteroatoms. The quantitative estimate of drug-likeness (QED) is 0.746. The van der Waals surface area contributed by atoms with Gasteiger partial charge in [-0.1, -0.05) is 30.3 Å². The molecule has 21 heavy (non-hydrogen) atoms. The molecule has 1 aromatic carbocycles. The second-order valence-corrected chi connectivity index (χ2v) is 5.38. The molecule has 0 radical (unpaired) electrons. The van der Waals surface area contributed by atoms with Crippen LogP contribution in [0.25, 0.3) is 0 Å². The molecule has 1 fully saturated rings. The summed E-state index contributed by atoms with van der Waals surface area (Å²) < 4.78 is 5.07. The number of aliphatic carboxylic acids is 1. The third kappa shape index (κ3) is 4.19. The number of alkyl carbamates (subject to hydrolysis) is 1. The molecule has 3 atom stereocenters. The van der Waals surface area contributed by atoms with Gasteiger partial charge in [-0.3, -0.25) is 0 Å². The minimum Gasteiger partial charge on any atom is -0.480 e. The first-order chi connectivity index (χ1) is 10.1. The van der Waals surface area contributed by atoms with Gasteiger partial charge >= 0.3 is 12.1 Å². The highest BCUT2D eigenvalue weighted by Gasteiger charge is 2.39. The monoisotopic (exact) mass is 293 g/mol. The second kappa shape index (κ2) is 7.08. The van der Waals surface area contributed by atoms with Gasteiger partial charge in [-0.2, -0.15) is 0 Å². The molecule has 0 spiro atoms. The number of hydrogen-bond donors (Lipinski definition) is 3. The van der Waals surface area contributed by atoms with Gasteiger partial charge in [-0.05, 0) is 24.8 Å². The second-order valence-electron chi connectivity index (χ2n) is 5.38. The molecular weight excluding hydrogens is 272 g/mol. The number of carbonyl (C=O) groups is 2. The van der Waals surface area contributed by atoms with Crippen molar-refractivity contribution in [2.24, 2.45) is 5.92 Å². The lowest BCUT2D eigenvalue weighted by Crippen LogP contribution is -2.66. The molecule has 1 aliphatic carbocycles. The van der Waals surface area contributed by atoms with Crippen LogP contribution in [0.2, 0.25) is 0 Å². The fraction of sp³-hybridized carbons (Fsp3) is 0.467. The summed E-state index contributed by atoms with van der Waals surface area (Å²) >= 11 is 0. The molecular formula is C15H21N2O4+. The molecule has 0 aliphatic heterocycles. The van der Waals surface area contributed by atoms with E-state index in [4.69, 9.17) is 4.74 Å². The maximum absolute atomic E-state index is 11.8. The zero-order valence-corrected chi connectivity index (χ0v) is 11.8. The standard InChI is InChI=1S/C15H20N2O4/c16-12-8-4-7-11(12)13(14(18)19)17-15(20)21-9-10-5-2-1-3-6-10/h1-3,5-6,11-13H,4,7-9,16H2,(H,17,20)(H,18,19)/p+1/t11-,12-,13-/m0/s1. The van der Waals surface area contributed by atoms with Gasteiger partial charge in [0, 0.05) is 5.92 Å². The molecule has 1 aliphatic rings. The minimum absolute atomic E-state index is 0.0560. The van der Waals surface area contributed by atoms with Gasteiger partial charge in [0.2, 0.25) is 0 Å². The Morgan fingerprint density at radius 2 is 2.05 bits per heavy atom. The number of carbonyl (C=O) groups excluding carboxylic acids is 1. The summed E-state index contributed by atoms with van der Waals surface area (Å²) in [5.41, 5.74) is 4.82. The fourth-order valence-electron chi connectivity index (χ4n) is 2.75. The Bertz CT molecular complexity index is 492. The van der Waals surface area contributed by atoms with Crippen molar-refractivity contribution in [1.29, 1.82) is 0 Å². The summed E-state index contributed by atoms with van der Waals surface area (Å²) in [6.07, 6.45) is 1.91. The smallest absolute Gasteiger partial charge is 0.408 e. The van der Waals surface area contributed by atoms with Crippen LogP contribution in [0.1, 0.15) is 24.8 Å². The number of carboxylic acid groups (broad SMARTS) is 1. The van der Waals surface area contributed by atoms with Gasteiger partial charge in [0.05, 0.1) is 6.04 Å². The number of ether oxygens (including phenoxy) is 1. The van der Waals surface area contributed by atoms with E-state index in [0.29, 0.717) is 0 Å². The van der Waals surface area contributed by atoms with Crippen molar-refractivity contribution in [3.8, 4) is 0 Å². The van der Waals surface area contributed by atoms with Crippen molar-refractivity contribution in [2.45, 2.75) is 38.0 Å². The van der Waals surface area contributed by atoms with Crippen molar-refractivity contribution < 1.29 is 25.2 Å². The zero-order valence-electron chi connectivity index (χ0n) is 11.8. The van der Waals surface area contributed by atoms with Gasteiger partial charge < -0.3 is 20.9 Å². The largest absolute Gasteiger partial charge is 0.480 e. The van der Waals surface area contributed by atoms with Gasteiger partial charge in [-0.15, -0.1) is 0 Å². The predicted molar refractivity (Wildman–Crippen MR) is 75.2 cm³/mol. The average Bonchev–Trinajstić information content (AvgIpc) is 2.89. The molecule has 1 saturated carbocycles. The highest BCUT2D eigenvalue weighted by molar-refractivity contribution is 5.80. The number of quaternary nitrogens is 1. The number of benzene rings is 1. The van der Waals surface area contributed by atoms with E-state index in [0.717, 1.165) is 24.8 Å². The summed E-state index contributed by atoms with van der Waals surface area (Å²) in [6.45, 7) is 0.123. The number of carboxylic acids is 1. The van der Waals surface area contributed by atoms with E-state index < -0.39 is 18.1 Å². The average molecular weight is 293 g/mol. The summed E-state index contributed by atoms with van der Waals surface area (Å²) in [5.74, 6) is -1.17. The highest BCUT2D eigenvalue weighted by atomic mass is 16.5. The predicted octanol–water partition coefficient (Wildman–Crippen LogP) is 0.777. The van der Waals surface area contributed by atoms with Gasteiger partial charge in [-0.25, -0.2) is 9.59 Å². The first-order valence-electron chi connectivity index (χ1n) is 7.11. The third-order valence-corrected chi connectivity index (χ3v) is 3.90. The van der Waals surface area contributed by atoms with Crippen LogP contribution in [-0.2, 0) is 16.1 Å². The van der Waals surface area contributed by atoms with Gasteiger partial charge in [0.25, 0.3) is 0 Å². The first-order valence-corrected chi connectivity index (χ1v) is 7.11. The van der Waals surface area contributed by atoms with E-state index >= 15 is 0 Å². The summed E-state index contributed by atoms with van der Waals surface area (Å²) in [4.78, 5) is 23.1. The molecule has 0 bridgehead atoms. The Morgan fingerprint density at radius 3 is 2.62 bits per heavy atom. The van der Waals surface area contributed by atoms with E-state index in [1.807, 2.05) is 30.3 Å². The molecule has 1 amide bonds. The SMILES string of the molecule is [NH3+][C@H]1CCC[C@@H]1[C@H](NC(=O)OCc1ccccc1)C(=O)O. The molecule has 5 N–H and O–H groups in total. The van der Waals surface area contributed by atoms with Crippen molar-refractivity contribution in [1.82, 2.24) is 5.32 Å². The van der Waals surface area contributed by atoms with Crippen LogP contribution in [0.15, 0.2) is 30.3 Å². The van der Waals surface area contributed by atoms with Crippen LogP contribution in [-0.4, -0.2) is 29.3 Å². The number of rotatable bonds is 5. The van der Waals surface area contributed by atoms with Crippen LogP contribution >= 0.6 is 0 Å². The molecule has 0 unspecified atom stereocenters. The lowest BCUT2D eigenvalue weighted by Gasteiger charge is -2.22. The molecule has 0 saturated heterocycles. The zero-order chi connectivity index (χ0) is 15.2. The summed E-state index contributed by atoms with van der Waals surface area (Å²) in [5, 5.41) is 11.7. The lowest BCUT2D eigenvalue weighted by molar-refractivity contribution is -0.429. The number of hydrogen-bond acceptors (Lipinski definition) is 3. The van der Waals surface area contributed by atoms with Crippen molar-refractivity contribution in [2.75, 3.05) is 0 Å². The van der Waals surface area contributed by atoms with Crippen molar-refractivity contribution in [3.05, 3.63) is 35.9 Å². The lowest BCUT2D eigenvalue weighted by atomic mass is 9.95. The third-order valence-electron chi connectivity index (χ3n) is 3.90. The maximum Gasteiger partial charge on any atom is 0.408 e. The number of amides is 1. The van der Waals surface area contributed by atoms with E-state index in [1.165, 1.54) is 0 Å². The van der Waals surface area contributed by atoms with E-state index in [2.05, 4.69) is 11.1 Å². The molecule has 0 heterocycles. The topological polar surface area (TPSA) is 103 Å². The van der Waals surface area contributed by atoms with Crippen molar-refractivity contribution in [3.63, 3.8) is 0 Å². The highest BCUT2D eigenvalue weighted by Crippen LogP contribution is 2.26. The summed E-state index contributed by atoms with van der Waals surface area (Å²) in [6, 6.07) is 8.37. The van der Waals surface area contributed by atoms with Crippen LogP contribution in [0.5, 0.6) is 0 Å². The Hall–Kier alpha value is -2.08. The Balaban J connectivity index is 1.88. The van der Waals surface area contributed by atoms with Gasteiger partial charge in [0.15, 0.2) is 0 Å². The molecule has 114 valence electrons. The van der Waals surface area contributed by atoms with E-state index in [9.17, 15) is 14.7 Å². The Kier molecular flexibility index (Phi) is 5.16. The first kappa shape index (κ1) is 15.3. The number of nitrogens with one attached hydrogen (secondary N) is 1. The maximum atomic E-state index is 11.8. The fourth-order valence-corrected chi connectivity index (χ4v) is 2.75. The minimum atomic E-state index is -1.03. The molecule has 2 rings (SSSR count). The normalized spacial score (nSPS) is 22.5. The van der Waals surface area contributed by atoms with Crippen molar-refractivity contribution >= 4 is 12.1 Å². The van der Waals surface area contributed by atoms with E-state index in [-0.39, 0.29) is 18.6 Å². The van der Waals surface area contributed by atoms with E-state index in [1.54, 1.807) is 0 Å². The van der Waals surface area contributed by atoms with Crippen LogP contribution in [0.3, 0.4) is 0 Å². The van der Waals surface area contributed by atoms with Gasteiger partial charge in [0.1, 0.15) is 12.6 Å². The van der Waals surface area contributed by atoms with Crippen LogP contribution < -0.4 is 11.1 Å². The van der Waals surface area contributed by atoms with Crippen LogP contribution in [0, 0.1) is 5.92 Å². The Morgan fingerprint density at radius 1 is 1.33 bits per heavy atom. The molecule has 1 aromatic rings. The molecule has 0 aromatic heterocycles. The Labute approximate surface area is 123 Å².